The third kappa shape index (κ3) is 5.23. The number of alkyl halides is 2. The molecular formula is C29H46I2O2. The van der Waals surface area contributed by atoms with Gasteiger partial charge in [0.15, 0.2) is 1.93 Å². The third-order valence-electron chi connectivity index (χ3n) is 10.7. The number of fused-ring (bicyclic) bond motifs is 5. The predicted molar refractivity (Wildman–Crippen MR) is 155 cm³/mol. The molecule has 0 amide bonds. The molecule has 2 nitrogen and oxygen atoms in total. The maximum atomic E-state index is 12.2. The number of halogens is 2. The molecule has 0 aromatic heterocycles. The summed E-state index contributed by atoms with van der Waals surface area (Å²) in [5, 5.41) is 0. The first-order valence-corrected chi connectivity index (χ1v) is 16.2. The van der Waals surface area contributed by atoms with Gasteiger partial charge in [-0.2, -0.15) is 0 Å². The molecule has 0 bridgehead atoms. The minimum atomic E-state index is -0.0858. The summed E-state index contributed by atoms with van der Waals surface area (Å²) >= 11 is 4.32. The molecule has 0 heterocycles. The van der Waals surface area contributed by atoms with Crippen molar-refractivity contribution in [2.24, 2.45) is 46.3 Å². The second-order valence-electron chi connectivity index (χ2n) is 12.9. The van der Waals surface area contributed by atoms with Gasteiger partial charge in [0.05, 0.1) is 0 Å². The monoisotopic (exact) mass is 680 g/mol. The van der Waals surface area contributed by atoms with Gasteiger partial charge in [0.25, 0.3) is 0 Å². The zero-order valence-corrected chi connectivity index (χ0v) is 25.9. The zero-order chi connectivity index (χ0) is 24.0. The highest BCUT2D eigenvalue weighted by atomic mass is 127. The molecule has 4 aliphatic rings. The van der Waals surface area contributed by atoms with Gasteiger partial charge in [0, 0.05) is 6.42 Å². The summed E-state index contributed by atoms with van der Waals surface area (Å²) in [7, 11) is 0. The molecule has 3 fully saturated rings. The minimum absolute atomic E-state index is 0.0490. The van der Waals surface area contributed by atoms with Gasteiger partial charge >= 0.3 is 5.97 Å². The van der Waals surface area contributed by atoms with Crippen LogP contribution in [0.3, 0.4) is 0 Å². The van der Waals surface area contributed by atoms with Crippen molar-refractivity contribution in [3.05, 3.63) is 11.6 Å². The van der Waals surface area contributed by atoms with Crippen molar-refractivity contribution in [1.29, 1.82) is 0 Å². The highest BCUT2D eigenvalue weighted by Crippen LogP contribution is 2.67. The van der Waals surface area contributed by atoms with E-state index in [0.29, 0.717) is 10.8 Å². The molecule has 4 aliphatic carbocycles. The molecule has 0 aromatic rings. The number of carbonyl (C=O) groups excluding carboxylic acids is 1. The summed E-state index contributed by atoms with van der Waals surface area (Å²) in [5.41, 5.74) is 2.51. The summed E-state index contributed by atoms with van der Waals surface area (Å²) in [5.74, 6) is 5.22. The Labute approximate surface area is 230 Å². The fourth-order valence-electron chi connectivity index (χ4n) is 8.97. The SMILES string of the molecule is CC(C)CCC[C@@H](C)[C@H]1CC[C@H]2[C@@H]3CC=C4C[C@H](OC(=O)C(I)I)CC[C@]4(C)[C@H]3CC[C@]12C. The lowest BCUT2D eigenvalue weighted by atomic mass is 9.47. The fourth-order valence-corrected chi connectivity index (χ4v) is 9.26. The van der Waals surface area contributed by atoms with Gasteiger partial charge in [0.1, 0.15) is 6.10 Å². The van der Waals surface area contributed by atoms with Gasteiger partial charge in [0.2, 0.25) is 0 Å². The molecule has 0 saturated heterocycles. The van der Waals surface area contributed by atoms with Crippen LogP contribution < -0.4 is 0 Å². The number of hydrogen-bond acceptors (Lipinski definition) is 2. The van der Waals surface area contributed by atoms with Crippen LogP contribution in [0, 0.1) is 46.3 Å². The number of allylic oxidation sites excluding steroid dienone is 1. The van der Waals surface area contributed by atoms with E-state index >= 15 is 0 Å². The van der Waals surface area contributed by atoms with Crippen LogP contribution in [0.5, 0.6) is 0 Å². The number of esters is 1. The number of carbonyl (C=O) groups is 1. The first-order valence-electron chi connectivity index (χ1n) is 13.7. The van der Waals surface area contributed by atoms with Gasteiger partial charge in [-0.1, -0.05) is 111 Å². The lowest BCUT2D eigenvalue weighted by Crippen LogP contribution is -2.51. The zero-order valence-electron chi connectivity index (χ0n) is 21.5. The average Bonchev–Trinajstić information content (AvgIpc) is 3.11. The van der Waals surface area contributed by atoms with E-state index in [4.69, 9.17) is 4.74 Å². The summed E-state index contributed by atoms with van der Waals surface area (Å²) in [4.78, 5) is 12.2. The summed E-state index contributed by atoms with van der Waals surface area (Å²) in [6.07, 6.45) is 17.2. The van der Waals surface area contributed by atoms with Crippen LogP contribution in [-0.2, 0) is 9.53 Å². The van der Waals surface area contributed by atoms with Crippen molar-refractivity contribution in [2.75, 3.05) is 0 Å². The first kappa shape index (κ1) is 26.7. The van der Waals surface area contributed by atoms with E-state index < -0.39 is 0 Å². The number of rotatable bonds is 7. The van der Waals surface area contributed by atoms with Crippen LogP contribution >= 0.6 is 45.2 Å². The van der Waals surface area contributed by atoms with Crippen molar-refractivity contribution in [2.45, 2.75) is 113 Å². The normalized spacial score (nSPS) is 41.2. The van der Waals surface area contributed by atoms with Crippen LogP contribution in [0.15, 0.2) is 11.6 Å². The van der Waals surface area contributed by atoms with Crippen LogP contribution in [-0.4, -0.2) is 14.0 Å². The largest absolute Gasteiger partial charge is 0.461 e. The van der Waals surface area contributed by atoms with Gasteiger partial charge in [-0.15, -0.1) is 0 Å². The van der Waals surface area contributed by atoms with Crippen LogP contribution in [0.1, 0.15) is 105 Å². The van der Waals surface area contributed by atoms with E-state index in [2.05, 4.69) is 85.9 Å². The van der Waals surface area contributed by atoms with E-state index in [1.54, 1.807) is 5.57 Å². The highest BCUT2D eigenvalue weighted by molar-refractivity contribution is 14.2. The quantitative estimate of drug-likeness (QED) is 0.116. The molecule has 4 rings (SSSR count). The van der Waals surface area contributed by atoms with Gasteiger partial charge in [-0.3, -0.25) is 4.79 Å². The lowest BCUT2D eigenvalue weighted by molar-refractivity contribution is -0.148. The Morgan fingerprint density at radius 3 is 2.52 bits per heavy atom. The van der Waals surface area contributed by atoms with Crippen molar-refractivity contribution in [1.82, 2.24) is 0 Å². The second kappa shape index (κ2) is 10.6. The molecule has 33 heavy (non-hydrogen) atoms. The second-order valence-corrected chi connectivity index (χ2v) is 17.8. The molecular weight excluding hydrogens is 634 g/mol. The third-order valence-corrected chi connectivity index (χ3v) is 11.7. The minimum Gasteiger partial charge on any atom is -0.461 e. The number of ether oxygens (including phenoxy) is 1. The standard InChI is InChI=1S/C29H46I2O2/c1-18(2)7-6-8-19(3)23-11-12-24-22-10-9-20-17-21(33-27(32)26(30)31)13-15-28(20,4)25(22)14-16-29(23,24)5/h9,18-19,21-26H,6-8,10-17H2,1-5H3/t19-,21-,22+,23-,24+,25+,28+,29-/m1/s1. The van der Waals surface area contributed by atoms with Gasteiger partial charge in [-0.05, 0) is 91.3 Å². The average molecular weight is 680 g/mol. The van der Waals surface area contributed by atoms with Gasteiger partial charge < -0.3 is 4.74 Å². The predicted octanol–water partition coefficient (Wildman–Crippen LogP) is 9.14. The van der Waals surface area contributed by atoms with E-state index in [0.717, 1.165) is 48.3 Å². The highest BCUT2D eigenvalue weighted by Gasteiger charge is 2.59. The molecule has 3 saturated carbocycles. The lowest BCUT2D eigenvalue weighted by Gasteiger charge is -2.58. The Morgan fingerprint density at radius 1 is 1.06 bits per heavy atom. The Kier molecular flexibility index (Phi) is 8.56. The smallest absolute Gasteiger partial charge is 0.329 e. The molecule has 0 aromatic carbocycles. The molecule has 0 radical (unpaired) electrons. The maximum Gasteiger partial charge on any atom is 0.329 e. The molecule has 4 heteroatoms. The van der Waals surface area contributed by atoms with E-state index in [1.165, 1.54) is 57.8 Å². The fraction of sp³-hybridized carbons (Fsp3) is 0.897. The molecule has 0 N–H and O–H groups in total. The molecule has 0 spiro atoms. The van der Waals surface area contributed by atoms with Crippen molar-refractivity contribution in [3.63, 3.8) is 0 Å². The van der Waals surface area contributed by atoms with Crippen molar-refractivity contribution in [3.8, 4) is 0 Å². The Morgan fingerprint density at radius 2 is 1.82 bits per heavy atom. The summed E-state index contributed by atoms with van der Waals surface area (Å²) < 4.78 is 5.77. The van der Waals surface area contributed by atoms with Crippen LogP contribution in [0.2, 0.25) is 0 Å². The molecule has 188 valence electrons. The van der Waals surface area contributed by atoms with Crippen LogP contribution in [0.4, 0.5) is 0 Å². The summed E-state index contributed by atoms with van der Waals surface area (Å²) in [6.45, 7) is 12.6. The van der Waals surface area contributed by atoms with Crippen molar-refractivity contribution < 1.29 is 9.53 Å². The molecule has 0 aliphatic heterocycles. The maximum absolute atomic E-state index is 12.2. The Bertz CT molecular complexity index is 746. The van der Waals surface area contributed by atoms with E-state index in [-0.39, 0.29) is 14.0 Å². The molecule has 0 unspecified atom stereocenters. The van der Waals surface area contributed by atoms with E-state index in [1.807, 2.05) is 0 Å². The molecule has 8 atom stereocenters. The van der Waals surface area contributed by atoms with E-state index in [9.17, 15) is 4.79 Å². The topological polar surface area (TPSA) is 26.3 Å². The Hall–Kier alpha value is 0.670. The first-order chi connectivity index (χ1) is 15.6. The number of hydrogen-bond donors (Lipinski definition) is 0. The van der Waals surface area contributed by atoms with Crippen LogP contribution in [0.25, 0.3) is 0 Å². The van der Waals surface area contributed by atoms with Gasteiger partial charge in [-0.25, -0.2) is 0 Å². The Balaban J connectivity index is 1.45. The van der Waals surface area contributed by atoms with Crippen molar-refractivity contribution >= 4 is 51.2 Å². The summed E-state index contributed by atoms with van der Waals surface area (Å²) in [6, 6.07) is 0.